The van der Waals surface area contributed by atoms with Crippen LogP contribution in [0.4, 0.5) is 4.39 Å². The number of methoxy groups -OCH3 is 1. The Morgan fingerprint density at radius 3 is 2.90 bits per heavy atom. The maximum atomic E-state index is 13.6. The zero-order chi connectivity index (χ0) is 14.5. The topological polar surface area (TPSA) is 49.9 Å². The van der Waals surface area contributed by atoms with Crippen molar-refractivity contribution in [3.63, 3.8) is 0 Å². The van der Waals surface area contributed by atoms with Crippen LogP contribution in [0, 0.1) is 5.82 Å². The molecular formula is C13H14Cl2FN3O. The summed E-state index contributed by atoms with van der Waals surface area (Å²) in [6.45, 7) is 1.91. The van der Waals surface area contributed by atoms with E-state index in [4.69, 9.17) is 27.9 Å². The predicted molar refractivity (Wildman–Crippen MR) is 77.6 cm³/mol. The SMILES string of the molecule is COCCNCc1cn[nH]c1-c1cc(F)c(Cl)cc1Cl. The van der Waals surface area contributed by atoms with E-state index in [0.717, 1.165) is 5.56 Å². The van der Waals surface area contributed by atoms with E-state index in [1.807, 2.05) is 0 Å². The number of ether oxygens (including phenoxy) is 1. The van der Waals surface area contributed by atoms with Gasteiger partial charge < -0.3 is 10.1 Å². The first-order valence-corrected chi connectivity index (χ1v) is 6.76. The summed E-state index contributed by atoms with van der Waals surface area (Å²) in [5, 5.41) is 10.4. The molecule has 4 nitrogen and oxygen atoms in total. The molecule has 0 unspecified atom stereocenters. The lowest BCUT2D eigenvalue weighted by Gasteiger charge is -2.08. The quantitative estimate of drug-likeness (QED) is 0.635. The Kier molecular flexibility index (Phi) is 5.37. The molecule has 20 heavy (non-hydrogen) atoms. The molecule has 7 heteroatoms. The van der Waals surface area contributed by atoms with Crippen molar-refractivity contribution >= 4 is 23.2 Å². The van der Waals surface area contributed by atoms with Gasteiger partial charge in [-0.15, -0.1) is 0 Å². The number of nitrogens with zero attached hydrogens (tertiary/aromatic N) is 1. The number of halogens is 3. The van der Waals surface area contributed by atoms with Crippen LogP contribution < -0.4 is 5.32 Å². The summed E-state index contributed by atoms with van der Waals surface area (Å²) in [6.07, 6.45) is 1.68. The Labute approximate surface area is 126 Å². The second kappa shape index (κ2) is 7.04. The highest BCUT2D eigenvalue weighted by Crippen LogP contribution is 2.32. The summed E-state index contributed by atoms with van der Waals surface area (Å²) < 4.78 is 18.5. The average Bonchev–Trinajstić information content (AvgIpc) is 2.87. The van der Waals surface area contributed by atoms with Crippen molar-refractivity contribution in [2.45, 2.75) is 6.54 Å². The maximum Gasteiger partial charge on any atom is 0.142 e. The van der Waals surface area contributed by atoms with Crippen molar-refractivity contribution in [3.05, 3.63) is 39.8 Å². The Bertz CT molecular complexity index is 589. The molecule has 2 aromatic rings. The highest BCUT2D eigenvalue weighted by Gasteiger charge is 2.14. The van der Waals surface area contributed by atoms with E-state index < -0.39 is 5.82 Å². The Hall–Kier alpha value is -1.14. The van der Waals surface area contributed by atoms with Crippen molar-refractivity contribution in [1.29, 1.82) is 0 Å². The normalized spacial score (nSPS) is 11.0. The Morgan fingerprint density at radius 2 is 2.15 bits per heavy atom. The van der Waals surface area contributed by atoms with Crippen molar-refractivity contribution in [2.24, 2.45) is 0 Å². The van der Waals surface area contributed by atoms with Gasteiger partial charge >= 0.3 is 0 Å². The van der Waals surface area contributed by atoms with E-state index in [-0.39, 0.29) is 5.02 Å². The predicted octanol–water partition coefficient (Wildman–Crippen LogP) is 3.26. The van der Waals surface area contributed by atoms with Crippen LogP contribution in [0.3, 0.4) is 0 Å². The van der Waals surface area contributed by atoms with Gasteiger partial charge in [0.05, 0.1) is 28.5 Å². The fourth-order valence-electron chi connectivity index (χ4n) is 1.79. The Morgan fingerprint density at radius 1 is 1.35 bits per heavy atom. The summed E-state index contributed by atoms with van der Waals surface area (Å²) >= 11 is 11.8. The molecule has 2 rings (SSSR count). The van der Waals surface area contributed by atoms with Gasteiger partial charge in [0.25, 0.3) is 0 Å². The molecule has 0 saturated carbocycles. The van der Waals surface area contributed by atoms with Gasteiger partial charge in [-0.3, -0.25) is 5.10 Å². The summed E-state index contributed by atoms with van der Waals surface area (Å²) in [5.74, 6) is -0.515. The fourth-order valence-corrected chi connectivity index (χ4v) is 2.27. The van der Waals surface area contributed by atoms with Crippen LogP contribution in [0.5, 0.6) is 0 Å². The standard InChI is InChI=1S/C13H14Cl2FN3O/c1-20-3-2-17-6-8-7-18-19-13(8)9-4-12(16)11(15)5-10(9)14/h4-5,7,17H,2-3,6H2,1H3,(H,18,19). The van der Waals surface area contributed by atoms with Gasteiger partial charge in [0, 0.05) is 31.3 Å². The first-order chi connectivity index (χ1) is 9.63. The molecule has 0 bridgehead atoms. The number of aromatic nitrogens is 2. The first kappa shape index (κ1) is 15.3. The molecular weight excluding hydrogens is 304 g/mol. The highest BCUT2D eigenvalue weighted by atomic mass is 35.5. The molecule has 0 aliphatic heterocycles. The number of nitrogens with one attached hydrogen (secondary N) is 2. The number of aromatic amines is 1. The minimum atomic E-state index is -0.515. The number of hydrogen-bond acceptors (Lipinski definition) is 3. The molecule has 2 N–H and O–H groups in total. The lowest BCUT2D eigenvalue weighted by Crippen LogP contribution is -2.18. The van der Waals surface area contributed by atoms with E-state index in [9.17, 15) is 4.39 Å². The van der Waals surface area contributed by atoms with Crippen LogP contribution in [0.1, 0.15) is 5.56 Å². The Balaban J connectivity index is 2.21. The summed E-state index contributed by atoms with van der Waals surface area (Å²) in [6, 6.07) is 2.69. The summed E-state index contributed by atoms with van der Waals surface area (Å²) in [4.78, 5) is 0. The third-order valence-corrected chi connectivity index (χ3v) is 3.40. The summed E-state index contributed by atoms with van der Waals surface area (Å²) in [5.41, 5.74) is 2.11. The smallest absolute Gasteiger partial charge is 0.142 e. The zero-order valence-electron chi connectivity index (χ0n) is 10.8. The van der Waals surface area contributed by atoms with Crippen LogP contribution in [0.25, 0.3) is 11.3 Å². The third-order valence-electron chi connectivity index (χ3n) is 2.80. The molecule has 1 aromatic heterocycles. The van der Waals surface area contributed by atoms with Gasteiger partial charge in [0.2, 0.25) is 0 Å². The molecule has 0 aliphatic carbocycles. The van der Waals surface area contributed by atoms with Crippen LogP contribution in [0.15, 0.2) is 18.3 Å². The molecule has 0 atom stereocenters. The number of hydrogen-bond donors (Lipinski definition) is 2. The number of H-pyrrole nitrogens is 1. The summed E-state index contributed by atoms with van der Waals surface area (Å²) in [7, 11) is 1.64. The third kappa shape index (κ3) is 3.49. The lowest BCUT2D eigenvalue weighted by molar-refractivity contribution is 0.199. The molecule has 0 fully saturated rings. The van der Waals surface area contributed by atoms with Gasteiger partial charge in [0.15, 0.2) is 0 Å². The minimum absolute atomic E-state index is 0.00182. The maximum absolute atomic E-state index is 13.6. The lowest BCUT2D eigenvalue weighted by atomic mass is 10.1. The van der Waals surface area contributed by atoms with Gasteiger partial charge in [-0.1, -0.05) is 23.2 Å². The zero-order valence-corrected chi connectivity index (χ0v) is 12.4. The second-order valence-corrected chi connectivity index (χ2v) is 5.00. The highest BCUT2D eigenvalue weighted by molar-refractivity contribution is 6.36. The van der Waals surface area contributed by atoms with Gasteiger partial charge in [-0.2, -0.15) is 5.10 Å². The van der Waals surface area contributed by atoms with E-state index in [0.29, 0.717) is 36.0 Å². The van der Waals surface area contributed by atoms with Gasteiger partial charge in [-0.25, -0.2) is 4.39 Å². The van der Waals surface area contributed by atoms with E-state index in [1.165, 1.54) is 12.1 Å². The number of rotatable bonds is 6. The van der Waals surface area contributed by atoms with Crippen LogP contribution >= 0.6 is 23.2 Å². The molecule has 0 spiro atoms. The molecule has 0 radical (unpaired) electrons. The second-order valence-electron chi connectivity index (χ2n) is 4.19. The van der Waals surface area contributed by atoms with Crippen LogP contribution in [-0.4, -0.2) is 30.5 Å². The van der Waals surface area contributed by atoms with E-state index in [2.05, 4.69) is 15.5 Å². The van der Waals surface area contributed by atoms with Crippen molar-refractivity contribution in [3.8, 4) is 11.3 Å². The molecule has 0 aliphatic rings. The fraction of sp³-hybridized carbons (Fsp3) is 0.308. The van der Waals surface area contributed by atoms with Gasteiger partial charge in [0.1, 0.15) is 5.82 Å². The van der Waals surface area contributed by atoms with Crippen LogP contribution in [-0.2, 0) is 11.3 Å². The largest absolute Gasteiger partial charge is 0.383 e. The molecule has 0 saturated heterocycles. The van der Waals surface area contributed by atoms with Crippen LogP contribution in [0.2, 0.25) is 10.0 Å². The molecule has 0 amide bonds. The molecule has 108 valence electrons. The molecule has 1 aromatic carbocycles. The first-order valence-electron chi connectivity index (χ1n) is 6.00. The monoisotopic (exact) mass is 317 g/mol. The van der Waals surface area contributed by atoms with Crippen molar-refractivity contribution in [2.75, 3.05) is 20.3 Å². The van der Waals surface area contributed by atoms with Gasteiger partial charge in [-0.05, 0) is 12.1 Å². The van der Waals surface area contributed by atoms with E-state index >= 15 is 0 Å². The average molecular weight is 318 g/mol. The number of benzene rings is 1. The molecule has 1 heterocycles. The van der Waals surface area contributed by atoms with E-state index in [1.54, 1.807) is 13.3 Å². The van der Waals surface area contributed by atoms with Crippen molar-refractivity contribution in [1.82, 2.24) is 15.5 Å². The minimum Gasteiger partial charge on any atom is -0.383 e. The van der Waals surface area contributed by atoms with Crippen molar-refractivity contribution < 1.29 is 9.13 Å².